The number of carbonyl (C=O) groups excluding carboxylic acids is 1. The normalized spacial score (nSPS) is 21.4. The maximum Gasteiger partial charge on any atom is 0.344 e. The molecule has 2 aliphatic rings. The molecule has 0 aromatic heterocycles. The molecule has 1 saturated carbocycles. The minimum atomic E-state index is -0.437. The molecule has 0 N–H and O–H groups in total. The summed E-state index contributed by atoms with van der Waals surface area (Å²) in [5.74, 6) is 0.427. The van der Waals surface area contributed by atoms with Gasteiger partial charge in [0.1, 0.15) is 11.4 Å². The van der Waals surface area contributed by atoms with Gasteiger partial charge < -0.3 is 9.47 Å². The van der Waals surface area contributed by atoms with Crippen molar-refractivity contribution in [2.75, 3.05) is 6.61 Å². The molecule has 0 spiro atoms. The van der Waals surface area contributed by atoms with Crippen molar-refractivity contribution in [3.8, 4) is 5.75 Å². The first-order chi connectivity index (χ1) is 13.1. The highest BCUT2D eigenvalue weighted by Gasteiger charge is 2.30. The Bertz CT molecular complexity index is 835. The van der Waals surface area contributed by atoms with Gasteiger partial charge in [-0.1, -0.05) is 24.6 Å². The summed E-state index contributed by atoms with van der Waals surface area (Å²) in [5.41, 5.74) is 0.996. The molecule has 1 heterocycles. The van der Waals surface area contributed by atoms with E-state index in [4.69, 9.17) is 9.47 Å². The first-order valence-corrected chi connectivity index (χ1v) is 11.1. The number of hydrogen-bond acceptors (Lipinski definition) is 3. The van der Waals surface area contributed by atoms with Gasteiger partial charge >= 0.3 is 5.97 Å². The first kappa shape index (κ1) is 18.2. The van der Waals surface area contributed by atoms with E-state index in [-0.39, 0.29) is 18.2 Å². The zero-order valence-corrected chi connectivity index (χ0v) is 16.6. The van der Waals surface area contributed by atoms with Crippen LogP contribution in [0.15, 0.2) is 63.7 Å². The van der Waals surface area contributed by atoms with E-state index in [1.807, 2.05) is 19.1 Å². The number of carbonyl (C=O) groups is 1. The van der Waals surface area contributed by atoms with E-state index < -0.39 is 10.9 Å². The van der Waals surface area contributed by atoms with Crippen molar-refractivity contribution >= 4 is 22.9 Å². The number of ether oxygens (including phenoxy) is 2. The summed E-state index contributed by atoms with van der Waals surface area (Å²) in [5, 5.41) is 2.29. The molecular formula is C23H26O3S. The average Bonchev–Trinajstić information content (AvgIpc) is 3.11. The zero-order valence-electron chi connectivity index (χ0n) is 15.7. The van der Waals surface area contributed by atoms with Crippen LogP contribution in [-0.4, -0.2) is 18.2 Å². The van der Waals surface area contributed by atoms with Gasteiger partial charge in [0.2, 0.25) is 0 Å². The van der Waals surface area contributed by atoms with E-state index in [1.54, 1.807) is 0 Å². The van der Waals surface area contributed by atoms with E-state index in [1.165, 1.54) is 21.8 Å². The van der Waals surface area contributed by atoms with Crippen molar-refractivity contribution in [2.24, 2.45) is 0 Å². The van der Waals surface area contributed by atoms with Crippen LogP contribution in [0.5, 0.6) is 5.75 Å². The lowest BCUT2D eigenvalue weighted by atomic mass is 9.86. The van der Waals surface area contributed by atoms with Gasteiger partial charge in [-0.2, -0.15) is 10.9 Å². The molecule has 1 fully saturated rings. The van der Waals surface area contributed by atoms with E-state index in [2.05, 4.69) is 47.9 Å². The average molecular weight is 383 g/mol. The number of hydrogen-bond donors (Lipinski definition) is 1. The standard InChI is InChI=1S/C23H26O3S/c1-23(14-5-2-6-15-23)26-22(24)17-25-19-9-11-20(12-10-19)27-16-13-18-7-3-4-8-21(18)27/h3-4,7-13,16,27H,2,5-6,14-15,17H2,1H3. The highest BCUT2D eigenvalue weighted by molar-refractivity contribution is 8.20. The van der Waals surface area contributed by atoms with Gasteiger partial charge in [0.05, 0.1) is 0 Å². The molecule has 4 heteroatoms. The summed E-state index contributed by atoms with van der Waals surface area (Å²) < 4.78 is 11.3. The summed E-state index contributed by atoms with van der Waals surface area (Å²) >= 11 is 0. The fraction of sp³-hybridized carbons (Fsp3) is 0.348. The predicted octanol–water partition coefficient (Wildman–Crippen LogP) is 5.73. The van der Waals surface area contributed by atoms with Crippen molar-refractivity contribution < 1.29 is 14.3 Å². The van der Waals surface area contributed by atoms with Crippen LogP contribution in [0.3, 0.4) is 0 Å². The van der Waals surface area contributed by atoms with Crippen molar-refractivity contribution in [1.82, 2.24) is 0 Å². The van der Waals surface area contributed by atoms with Gasteiger partial charge in [0, 0.05) is 4.90 Å². The highest BCUT2D eigenvalue weighted by Crippen LogP contribution is 2.52. The van der Waals surface area contributed by atoms with Gasteiger partial charge in [-0.05, 0) is 84.9 Å². The summed E-state index contributed by atoms with van der Waals surface area (Å²) in [6.07, 6.45) is 7.60. The van der Waals surface area contributed by atoms with Gasteiger partial charge in [0.15, 0.2) is 6.61 Å². The largest absolute Gasteiger partial charge is 0.482 e. The number of benzene rings is 2. The molecule has 0 amide bonds. The molecule has 142 valence electrons. The Labute approximate surface area is 163 Å². The Morgan fingerprint density at radius 1 is 1.04 bits per heavy atom. The Hall–Kier alpha value is -2.20. The van der Waals surface area contributed by atoms with Crippen LogP contribution in [0.1, 0.15) is 44.6 Å². The maximum absolute atomic E-state index is 12.2. The summed E-state index contributed by atoms with van der Waals surface area (Å²) in [4.78, 5) is 14.8. The van der Waals surface area contributed by atoms with Crippen molar-refractivity contribution in [1.29, 1.82) is 0 Å². The molecule has 0 radical (unpaired) electrons. The van der Waals surface area contributed by atoms with E-state index in [9.17, 15) is 4.79 Å². The first-order valence-electron chi connectivity index (χ1n) is 9.64. The monoisotopic (exact) mass is 382 g/mol. The third-order valence-electron chi connectivity index (χ3n) is 5.34. The molecule has 2 aromatic rings. The SMILES string of the molecule is CC1(OC(=O)COc2ccc([SH]3C=Cc4ccccc43)cc2)CCCCC1. The predicted molar refractivity (Wildman–Crippen MR) is 111 cm³/mol. The lowest BCUT2D eigenvalue weighted by Crippen LogP contribution is -2.35. The van der Waals surface area contributed by atoms with Gasteiger partial charge in [-0.15, -0.1) is 0 Å². The summed E-state index contributed by atoms with van der Waals surface area (Å²) in [6, 6.07) is 16.6. The van der Waals surface area contributed by atoms with Crippen molar-refractivity contribution in [2.45, 2.75) is 54.4 Å². The lowest BCUT2D eigenvalue weighted by molar-refractivity contribution is -0.163. The van der Waals surface area contributed by atoms with Crippen LogP contribution in [0.25, 0.3) is 6.08 Å². The number of rotatable bonds is 5. The third-order valence-corrected chi connectivity index (χ3v) is 7.57. The van der Waals surface area contributed by atoms with Crippen LogP contribution in [0.2, 0.25) is 0 Å². The smallest absolute Gasteiger partial charge is 0.344 e. The number of esters is 1. The zero-order chi connectivity index (χ0) is 18.7. The Balaban J connectivity index is 1.33. The fourth-order valence-corrected chi connectivity index (χ4v) is 5.92. The van der Waals surface area contributed by atoms with Gasteiger partial charge in [0.25, 0.3) is 0 Å². The van der Waals surface area contributed by atoms with E-state index in [0.29, 0.717) is 5.75 Å². The van der Waals surface area contributed by atoms with Crippen LogP contribution in [0, 0.1) is 0 Å². The van der Waals surface area contributed by atoms with Gasteiger partial charge in [-0.25, -0.2) is 4.79 Å². The maximum atomic E-state index is 12.2. The molecule has 27 heavy (non-hydrogen) atoms. The molecular weight excluding hydrogens is 356 g/mol. The molecule has 1 unspecified atom stereocenters. The topological polar surface area (TPSA) is 35.5 Å². The molecule has 1 atom stereocenters. The third kappa shape index (κ3) is 4.22. The van der Waals surface area contributed by atoms with Crippen molar-refractivity contribution in [3.05, 3.63) is 59.5 Å². The number of fused-ring (bicyclic) bond motifs is 1. The summed E-state index contributed by atoms with van der Waals surface area (Å²) in [6.45, 7) is 2.00. The Morgan fingerprint density at radius 3 is 2.56 bits per heavy atom. The Morgan fingerprint density at radius 2 is 1.78 bits per heavy atom. The minimum Gasteiger partial charge on any atom is -0.482 e. The fourth-order valence-electron chi connectivity index (χ4n) is 3.86. The Kier molecular flexibility index (Phi) is 5.26. The molecule has 1 aliphatic heterocycles. The molecule has 0 bridgehead atoms. The molecule has 1 aliphatic carbocycles. The van der Waals surface area contributed by atoms with Crippen LogP contribution in [-0.2, 0) is 9.53 Å². The molecule has 2 aromatic carbocycles. The second kappa shape index (κ2) is 7.81. The quantitative estimate of drug-likeness (QED) is 0.529. The van der Waals surface area contributed by atoms with Crippen LogP contribution in [0.4, 0.5) is 0 Å². The highest BCUT2D eigenvalue weighted by atomic mass is 32.2. The molecule has 4 rings (SSSR count). The molecule has 3 nitrogen and oxygen atoms in total. The second-order valence-corrected chi connectivity index (χ2v) is 9.55. The van der Waals surface area contributed by atoms with Crippen LogP contribution < -0.4 is 4.74 Å². The summed E-state index contributed by atoms with van der Waals surface area (Å²) in [7, 11) is -0.437. The van der Waals surface area contributed by atoms with Gasteiger partial charge in [-0.3, -0.25) is 0 Å². The second-order valence-electron chi connectivity index (χ2n) is 7.51. The molecule has 0 saturated heterocycles. The lowest BCUT2D eigenvalue weighted by Gasteiger charge is -2.33. The van der Waals surface area contributed by atoms with Crippen molar-refractivity contribution in [3.63, 3.8) is 0 Å². The van der Waals surface area contributed by atoms with Crippen LogP contribution >= 0.6 is 10.9 Å². The minimum absolute atomic E-state index is 0.0353. The van der Waals surface area contributed by atoms with E-state index >= 15 is 0 Å². The number of thiol groups is 1. The van der Waals surface area contributed by atoms with E-state index in [0.717, 1.165) is 25.7 Å².